The van der Waals surface area contributed by atoms with Gasteiger partial charge in [-0.25, -0.2) is 0 Å². The molecule has 1 aliphatic rings. The molecule has 0 saturated carbocycles. The number of fused-ring (bicyclic) bond motifs is 1. The first-order valence-corrected chi connectivity index (χ1v) is 5.22. The molecule has 2 heterocycles. The van der Waals surface area contributed by atoms with Gasteiger partial charge >= 0.3 is 0 Å². The van der Waals surface area contributed by atoms with Gasteiger partial charge in [-0.15, -0.1) is 0 Å². The van der Waals surface area contributed by atoms with E-state index < -0.39 is 0 Å². The molecule has 1 amide bonds. The smallest absolute Gasteiger partial charge is 0.251 e. The summed E-state index contributed by atoms with van der Waals surface area (Å²) in [7, 11) is 0. The van der Waals surface area contributed by atoms with Crippen molar-refractivity contribution in [2.75, 3.05) is 0 Å². The van der Waals surface area contributed by atoms with E-state index in [1.165, 1.54) is 0 Å². The highest BCUT2D eigenvalue weighted by Gasteiger charge is 2.19. The highest BCUT2D eigenvalue weighted by atomic mass is 16.3. The van der Waals surface area contributed by atoms with Crippen LogP contribution in [0.5, 0.6) is 0 Å². The van der Waals surface area contributed by atoms with Crippen LogP contribution in [0.1, 0.15) is 21.7 Å². The van der Waals surface area contributed by atoms with Crippen LogP contribution in [0.2, 0.25) is 0 Å². The quantitative estimate of drug-likeness (QED) is 0.790. The molecular weight excluding hydrogens is 202 g/mol. The summed E-state index contributed by atoms with van der Waals surface area (Å²) >= 11 is 0. The molecule has 0 fully saturated rings. The molecule has 0 aliphatic carbocycles. The molecule has 0 unspecified atom stereocenters. The Balaban J connectivity index is 2.08. The van der Waals surface area contributed by atoms with E-state index in [2.05, 4.69) is 5.32 Å². The summed E-state index contributed by atoms with van der Waals surface area (Å²) in [5, 5.41) is 2.80. The van der Waals surface area contributed by atoms with Crippen molar-refractivity contribution in [3.8, 4) is 11.3 Å². The third-order valence-corrected chi connectivity index (χ3v) is 2.81. The molecule has 0 saturated heterocycles. The van der Waals surface area contributed by atoms with Crippen LogP contribution in [-0.2, 0) is 6.54 Å². The van der Waals surface area contributed by atoms with Crippen molar-refractivity contribution in [2.45, 2.75) is 13.5 Å². The highest BCUT2D eigenvalue weighted by Crippen LogP contribution is 2.26. The Labute approximate surface area is 93.1 Å². The molecule has 3 nitrogen and oxygen atoms in total. The number of hydrogen-bond donors (Lipinski definition) is 1. The van der Waals surface area contributed by atoms with E-state index in [9.17, 15) is 4.79 Å². The van der Waals surface area contributed by atoms with Crippen LogP contribution in [-0.4, -0.2) is 5.91 Å². The molecule has 16 heavy (non-hydrogen) atoms. The maximum atomic E-state index is 11.4. The molecule has 0 spiro atoms. The molecule has 0 bridgehead atoms. The Kier molecular flexibility index (Phi) is 1.86. The Hall–Kier alpha value is -2.03. The van der Waals surface area contributed by atoms with E-state index in [-0.39, 0.29) is 5.91 Å². The average molecular weight is 213 g/mol. The second-order valence-electron chi connectivity index (χ2n) is 3.96. The van der Waals surface area contributed by atoms with E-state index in [0.29, 0.717) is 6.54 Å². The molecule has 3 heteroatoms. The second kappa shape index (κ2) is 3.23. The molecule has 1 aromatic heterocycles. The van der Waals surface area contributed by atoms with Crippen molar-refractivity contribution in [1.29, 1.82) is 0 Å². The largest absolute Gasteiger partial charge is 0.461 e. The van der Waals surface area contributed by atoms with Crippen LogP contribution in [0.4, 0.5) is 0 Å². The Morgan fingerprint density at radius 2 is 2.12 bits per heavy atom. The summed E-state index contributed by atoms with van der Waals surface area (Å²) in [6.45, 7) is 2.53. The fraction of sp³-hybridized carbons (Fsp3) is 0.154. The zero-order valence-corrected chi connectivity index (χ0v) is 8.91. The molecule has 2 aromatic rings. The lowest BCUT2D eigenvalue weighted by Crippen LogP contribution is -2.12. The monoisotopic (exact) mass is 213 g/mol. The molecule has 1 aromatic carbocycles. The van der Waals surface area contributed by atoms with Gasteiger partial charge in [0.25, 0.3) is 5.91 Å². The van der Waals surface area contributed by atoms with Gasteiger partial charge in [0.05, 0.1) is 0 Å². The summed E-state index contributed by atoms with van der Waals surface area (Å²) < 4.78 is 5.55. The predicted octanol–water partition coefficient (Wildman–Crippen LogP) is 2.50. The van der Waals surface area contributed by atoms with Gasteiger partial charge in [0.1, 0.15) is 11.5 Å². The molecular formula is C13H11NO2. The van der Waals surface area contributed by atoms with Gasteiger partial charge in [0.2, 0.25) is 0 Å². The summed E-state index contributed by atoms with van der Waals surface area (Å²) in [5.41, 5.74) is 2.83. The van der Waals surface area contributed by atoms with Crippen LogP contribution in [0.25, 0.3) is 11.3 Å². The van der Waals surface area contributed by atoms with Crippen LogP contribution in [0.3, 0.4) is 0 Å². The maximum absolute atomic E-state index is 11.4. The molecule has 1 aliphatic heterocycles. The number of amides is 1. The lowest BCUT2D eigenvalue weighted by atomic mass is 10.0. The predicted molar refractivity (Wildman–Crippen MR) is 60.1 cm³/mol. The highest BCUT2D eigenvalue weighted by molar-refractivity contribution is 5.98. The van der Waals surface area contributed by atoms with Gasteiger partial charge < -0.3 is 9.73 Å². The third-order valence-electron chi connectivity index (χ3n) is 2.81. The molecule has 0 atom stereocenters. The van der Waals surface area contributed by atoms with Crippen molar-refractivity contribution in [2.24, 2.45) is 0 Å². The first kappa shape index (κ1) is 9.21. The number of rotatable bonds is 1. The standard InChI is InChI=1S/C13H11NO2/c1-8-2-5-12(16-8)9-3-4-11-10(6-9)7-14-13(11)15/h2-6H,7H2,1H3,(H,14,15). The van der Waals surface area contributed by atoms with Gasteiger partial charge in [-0.1, -0.05) is 6.07 Å². The summed E-state index contributed by atoms with van der Waals surface area (Å²) in [6.07, 6.45) is 0. The number of carbonyl (C=O) groups is 1. The van der Waals surface area contributed by atoms with Crippen molar-refractivity contribution < 1.29 is 9.21 Å². The third kappa shape index (κ3) is 1.33. The molecule has 0 radical (unpaired) electrons. The number of carbonyl (C=O) groups excluding carboxylic acids is 1. The Bertz CT molecular complexity index is 569. The van der Waals surface area contributed by atoms with Gasteiger partial charge in [0, 0.05) is 17.7 Å². The summed E-state index contributed by atoms with van der Waals surface area (Å²) in [5.74, 6) is 1.75. The van der Waals surface area contributed by atoms with Crippen molar-refractivity contribution >= 4 is 5.91 Å². The van der Waals surface area contributed by atoms with E-state index in [0.717, 1.165) is 28.2 Å². The van der Waals surface area contributed by atoms with Gasteiger partial charge in [-0.2, -0.15) is 0 Å². The average Bonchev–Trinajstić information content (AvgIpc) is 2.86. The van der Waals surface area contributed by atoms with Crippen LogP contribution in [0.15, 0.2) is 34.7 Å². The van der Waals surface area contributed by atoms with E-state index in [1.807, 2.05) is 37.3 Å². The Morgan fingerprint density at radius 3 is 2.88 bits per heavy atom. The van der Waals surface area contributed by atoms with E-state index in [1.54, 1.807) is 0 Å². The normalized spacial score (nSPS) is 13.7. The van der Waals surface area contributed by atoms with Gasteiger partial charge in [0.15, 0.2) is 0 Å². The zero-order chi connectivity index (χ0) is 11.1. The minimum Gasteiger partial charge on any atom is -0.461 e. The van der Waals surface area contributed by atoms with Gasteiger partial charge in [-0.3, -0.25) is 4.79 Å². The SMILES string of the molecule is Cc1ccc(-c2ccc3c(c2)CNC3=O)o1. The van der Waals surface area contributed by atoms with Crippen molar-refractivity contribution in [1.82, 2.24) is 5.32 Å². The summed E-state index contributed by atoms with van der Waals surface area (Å²) in [6, 6.07) is 9.66. The maximum Gasteiger partial charge on any atom is 0.251 e. The van der Waals surface area contributed by atoms with Crippen LogP contribution < -0.4 is 5.32 Å². The molecule has 1 N–H and O–H groups in total. The number of furan rings is 1. The number of aryl methyl sites for hydroxylation is 1. The first-order chi connectivity index (χ1) is 7.74. The first-order valence-electron chi connectivity index (χ1n) is 5.22. The van der Waals surface area contributed by atoms with Crippen LogP contribution in [0, 0.1) is 6.92 Å². The zero-order valence-electron chi connectivity index (χ0n) is 8.91. The summed E-state index contributed by atoms with van der Waals surface area (Å²) in [4.78, 5) is 11.4. The number of nitrogens with one attached hydrogen (secondary N) is 1. The van der Waals surface area contributed by atoms with Crippen molar-refractivity contribution in [3.63, 3.8) is 0 Å². The van der Waals surface area contributed by atoms with Gasteiger partial charge in [-0.05, 0) is 36.8 Å². The topological polar surface area (TPSA) is 42.2 Å². The molecule has 3 rings (SSSR count). The minimum atomic E-state index is 0.0113. The van der Waals surface area contributed by atoms with Crippen molar-refractivity contribution in [3.05, 3.63) is 47.2 Å². The lowest BCUT2D eigenvalue weighted by molar-refractivity contribution is 0.0966. The fourth-order valence-corrected chi connectivity index (χ4v) is 1.98. The Morgan fingerprint density at radius 1 is 1.25 bits per heavy atom. The van der Waals surface area contributed by atoms with E-state index >= 15 is 0 Å². The number of benzene rings is 1. The van der Waals surface area contributed by atoms with E-state index in [4.69, 9.17) is 4.42 Å². The minimum absolute atomic E-state index is 0.0113. The number of hydrogen-bond acceptors (Lipinski definition) is 2. The molecule has 80 valence electrons. The fourth-order valence-electron chi connectivity index (χ4n) is 1.98. The second-order valence-corrected chi connectivity index (χ2v) is 3.96. The lowest BCUT2D eigenvalue weighted by Gasteiger charge is -2.00. The van der Waals surface area contributed by atoms with Crippen LogP contribution >= 0.6 is 0 Å².